The summed E-state index contributed by atoms with van der Waals surface area (Å²) in [7, 11) is 0. The largest absolute Gasteiger partial charge is 0.383 e. The average molecular weight is 281 g/mol. The third-order valence-electron chi connectivity index (χ3n) is 3.03. The lowest BCUT2D eigenvalue weighted by atomic mass is 10.2. The third-order valence-corrected chi connectivity index (χ3v) is 3.03. The number of rotatable bonds is 2. The molecule has 8 heteroatoms. The number of aromatic amines is 1. The minimum Gasteiger partial charge on any atom is -0.383 e. The third kappa shape index (κ3) is 1.64. The maximum Gasteiger partial charge on any atom is 0.194 e. The number of nitrogens with one attached hydrogen (secondary N) is 1. The molecule has 0 amide bonds. The van der Waals surface area contributed by atoms with E-state index in [2.05, 4.69) is 15.3 Å². The van der Waals surface area contributed by atoms with E-state index < -0.39 is 17.5 Å². The number of hydrogen-bond donors (Lipinski definition) is 2. The van der Waals surface area contributed by atoms with Crippen LogP contribution in [0.3, 0.4) is 0 Å². The summed E-state index contributed by atoms with van der Waals surface area (Å²) in [5, 5.41) is 11.3. The lowest BCUT2D eigenvalue weighted by Gasteiger charge is -2.03. The second-order valence-corrected chi connectivity index (χ2v) is 4.27. The Hall–Kier alpha value is -2.51. The zero-order valence-corrected chi connectivity index (χ0v) is 10.4. The molecule has 2 aromatic heterocycles. The molecule has 0 saturated carbocycles. The summed E-state index contributed by atoms with van der Waals surface area (Å²) in [6.45, 7) is 1.87. The predicted octanol–water partition coefficient (Wildman–Crippen LogP) is 2.31. The van der Waals surface area contributed by atoms with Crippen molar-refractivity contribution >= 4 is 16.9 Å². The van der Waals surface area contributed by atoms with E-state index in [1.807, 2.05) is 6.92 Å². The van der Waals surface area contributed by atoms with E-state index in [0.717, 1.165) is 12.1 Å². The zero-order chi connectivity index (χ0) is 14.4. The van der Waals surface area contributed by atoms with Gasteiger partial charge in [-0.3, -0.25) is 5.10 Å². The molecule has 20 heavy (non-hydrogen) atoms. The molecule has 0 bridgehead atoms. The normalized spacial score (nSPS) is 11.4. The number of nitrogens with zero attached hydrogens (tertiary/aromatic N) is 3. The van der Waals surface area contributed by atoms with Crippen molar-refractivity contribution in [1.29, 1.82) is 0 Å². The molecule has 0 unspecified atom stereocenters. The molecule has 0 radical (unpaired) electrons. The quantitative estimate of drug-likeness (QED) is 0.708. The Morgan fingerprint density at radius 1 is 1.25 bits per heavy atom. The number of fused-ring (bicyclic) bond motifs is 1. The van der Waals surface area contributed by atoms with Crippen LogP contribution in [0.1, 0.15) is 12.6 Å². The first kappa shape index (κ1) is 12.5. The molecule has 5 nitrogen and oxygen atoms in total. The molecule has 0 aliphatic rings. The first-order valence-corrected chi connectivity index (χ1v) is 5.89. The molecule has 1 aromatic carbocycles. The number of aromatic nitrogens is 4. The molecule has 0 fully saturated rings. The van der Waals surface area contributed by atoms with Gasteiger partial charge in [0, 0.05) is 12.1 Å². The maximum atomic E-state index is 13.3. The lowest BCUT2D eigenvalue weighted by molar-refractivity contribution is 0.446. The molecule has 0 atom stereocenters. The fourth-order valence-electron chi connectivity index (χ4n) is 2.09. The first-order chi connectivity index (χ1) is 9.52. The fraction of sp³-hybridized carbons (Fsp3) is 0.167. The van der Waals surface area contributed by atoms with E-state index in [-0.39, 0.29) is 5.69 Å². The number of halogens is 3. The fourth-order valence-corrected chi connectivity index (χ4v) is 2.09. The Balaban J connectivity index is 2.30. The van der Waals surface area contributed by atoms with Crippen molar-refractivity contribution in [2.75, 3.05) is 5.73 Å². The number of hydrogen-bond acceptors (Lipinski definition) is 3. The average Bonchev–Trinajstić information content (AvgIpc) is 2.96. The molecule has 0 aliphatic heterocycles. The number of H-pyrrole nitrogens is 1. The van der Waals surface area contributed by atoms with Crippen LogP contribution < -0.4 is 5.73 Å². The van der Waals surface area contributed by atoms with Gasteiger partial charge in [0.05, 0.1) is 16.8 Å². The van der Waals surface area contributed by atoms with Crippen molar-refractivity contribution in [3.05, 3.63) is 35.3 Å². The number of anilines is 1. The van der Waals surface area contributed by atoms with Crippen LogP contribution >= 0.6 is 0 Å². The number of nitrogens with two attached hydrogens (primary N) is 1. The van der Waals surface area contributed by atoms with Crippen molar-refractivity contribution in [2.24, 2.45) is 0 Å². The summed E-state index contributed by atoms with van der Waals surface area (Å²) in [5.41, 5.74) is 6.76. The molecule has 2 heterocycles. The minimum atomic E-state index is -1.52. The number of benzene rings is 1. The Labute approximate surface area is 111 Å². The molecule has 0 aliphatic carbocycles. The van der Waals surface area contributed by atoms with Gasteiger partial charge in [0.25, 0.3) is 0 Å². The van der Waals surface area contributed by atoms with Gasteiger partial charge in [-0.25, -0.2) is 17.9 Å². The number of nitrogen functional groups attached to an aromatic ring is 1. The van der Waals surface area contributed by atoms with Crippen molar-refractivity contribution in [3.63, 3.8) is 0 Å². The first-order valence-electron chi connectivity index (χ1n) is 5.89. The summed E-state index contributed by atoms with van der Waals surface area (Å²) in [5.74, 6) is -3.77. The Morgan fingerprint density at radius 2 is 1.90 bits per heavy atom. The van der Waals surface area contributed by atoms with E-state index in [1.165, 1.54) is 4.68 Å². The van der Waals surface area contributed by atoms with Gasteiger partial charge < -0.3 is 5.73 Å². The van der Waals surface area contributed by atoms with Crippen molar-refractivity contribution in [1.82, 2.24) is 20.0 Å². The van der Waals surface area contributed by atoms with Crippen LogP contribution in [0.25, 0.3) is 16.7 Å². The van der Waals surface area contributed by atoms with Gasteiger partial charge in [-0.1, -0.05) is 6.92 Å². The highest BCUT2D eigenvalue weighted by atomic mass is 19.2. The SMILES string of the molecule is CCc1nn(-c2cc(F)c(F)c(F)c2)c2n[nH]c(N)c12. The van der Waals surface area contributed by atoms with Crippen LogP contribution in [0.15, 0.2) is 12.1 Å². The Bertz CT molecular complexity index is 782. The monoisotopic (exact) mass is 281 g/mol. The van der Waals surface area contributed by atoms with Gasteiger partial charge in [-0.05, 0) is 6.42 Å². The van der Waals surface area contributed by atoms with E-state index in [9.17, 15) is 13.2 Å². The second kappa shape index (κ2) is 4.26. The van der Waals surface area contributed by atoms with Crippen molar-refractivity contribution in [3.8, 4) is 5.69 Å². The molecular weight excluding hydrogens is 271 g/mol. The molecule has 0 saturated heterocycles. The van der Waals surface area contributed by atoms with Crippen LogP contribution in [0.2, 0.25) is 0 Å². The summed E-state index contributed by atoms with van der Waals surface area (Å²) in [4.78, 5) is 0. The van der Waals surface area contributed by atoms with Crippen LogP contribution in [0.5, 0.6) is 0 Å². The maximum absolute atomic E-state index is 13.3. The van der Waals surface area contributed by atoms with Crippen LogP contribution in [0.4, 0.5) is 19.0 Å². The highest BCUT2D eigenvalue weighted by molar-refractivity contribution is 5.89. The Kier molecular flexibility index (Phi) is 2.66. The van der Waals surface area contributed by atoms with Gasteiger partial charge in [-0.15, -0.1) is 0 Å². The van der Waals surface area contributed by atoms with Gasteiger partial charge in [0.1, 0.15) is 5.82 Å². The van der Waals surface area contributed by atoms with E-state index in [1.54, 1.807) is 0 Å². The van der Waals surface area contributed by atoms with Gasteiger partial charge in [-0.2, -0.15) is 10.2 Å². The van der Waals surface area contributed by atoms with E-state index >= 15 is 0 Å². The molecule has 0 spiro atoms. The van der Waals surface area contributed by atoms with E-state index in [0.29, 0.717) is 29.0 Å². The van der Waals surface area contributed by atoms with Crippen molar-refractivity contribution < 1.29 is 13.2 Å². The van der Waals surface area contributed by atoms with Gasteiger partial charge in [0.2, 0.25) is 0 Å². The lowest BCUT2D eigenvalue weighted by Crippen LogP contribution is -2.02. The Morgan fingerprint density at radius 3 is 2.50 bits per heavy atom. The smallest absolute Gasteiger partial charge is 0.194 e. The van der Waals surface area contributed by atoms with Gasteiger partial charge >= 0.3 is 0 Å². The number of aryl methyl sites for hydroxylation is 1. The zero-order valence-electron chi connectivity index (χ0n) is 10.4. The minimum absolute atomic E-state index is 0.0394. The summed E-state index contributed by atoms with van der Waals surface area (Å²) >= 11 is 0. The standard InChI is InChI=1S/C12H10F3N5/c1-2-8-9-11(16)17-18-12(9)20(19-8)5-3-6(13)10(15)7(14)4-5/h3-4H,2H2,1H3,(H3,16,17,18). The molecule has 3 aromatic rings. The topological polar surface area (TPSA) is 72.5 Å². The molecular formula is C12H10F3N5. The highest BCUT2D eigenvalue weighted by Gasteiger charge is 2.19. The highest BCUT2D eigenvalue weighted by Crippen LogP contribution is 2.26. The second-order valence-electron chi connectivity index (χ2n) is 4.27. The summed E-state index contributed by atoms with van der Waals surface area (Å²) in [6, 6.07) is 1.71. The molecule has 104 valence electrons. The van der Waals surface area contributed by atoms with E-state index in [4.69, 9.17) is 5.73 Å². The van der Waals surface area contributed by atoms with Crippen LogP contribution in [0, 0.1) is 17.5 Å². The molecule has 3 N–H and O–H groups in total. The summed E-state index contributed by atoms with van der Waals surface area (Å²) in [6.07, 6.45) is 0.569. The van der Waals surface area contributed by atoms with Crippen molar-refractivity contribution in [2.45, 2.75) is 13.3 Å². The van der Waals surface area contributed by atoms with Crippen LogP contribution in [-0.4, -0.2) is 20.0 Å². The van der Waals surface area contributed by atoms with Gasteiger partial charge in [0.15, 0.2) is 23.1 Å². The summed E-state index contributed by atoms with van der Waals surface area (Å²) < 4.78 is 40.8. The van der Waals surface area contributed by atoms with Crippen LogP contribution in [-0.2, 0) is 6.42 Å². The molecule has 3 rings (SSSR count). The predicted molar refractivity (Wildman–Crippen MR) is 66.9 cm³/mol.